The van der Waals surface area contributed by atoms with Crippen LogP contribution in [0.15, 0.2) is 0 Å². The van der Waals surface area contributed by atoms with Gasteiger partial charge in [-0.2, -0.15) is 0 Å². The van der Waals surface area contributed by atoms with Crippen molar-refractivity contribution in [2.24, 2.45) is 11.8 Å². The predicted molar refractivity (Wildman–Crippen MR) is 101 cm³/mol. The van der Waals surface area contributed by atoms with Crippen molar-refractivity contribution in [3.63, 3.8) is 0 Å². The topological polar surface area (TPSA) is 119 Å². The summed E-state index contributed by atoms with van der Waals surface area (Å²) in [4.78, 5) is 38.8. The molecule has 0 bridgehead atoms. The molecule has 0 aromatic carbocycles. The van der Waals surface area contributed by atoms with Gasteiger partial charge in [0.15, 0.2) is 0 Å². The summed E-state index contributed by atoms with van der Waals surface area (Å²) in [6.07, 6.45) is 5.46. The molecule has 3 amide bonds. The van der Waals surface area contributed by atoms with Gasteiger partial charge in [-0.25, -0.2) is 5.48 Å². The van der Waals surface area contributed by atoms with Crippen LogP contribution >= 0.6 is 0 Å². The second kappa shape index (κ2) is 11.9. The Balaban J connectivity index is 3.00. The fraction of sp³-hybridized carbons (Fsp3) is 0.842. The Morgan fingerprint density at radius 3 is 2.22 bits per heavy atom. The van der Waals surface area contributed by atoms with Crippen LogP contribution in [0.1, 0.15) is 65.2 Å². The average molecular weight is 386 g/mol. The van der Waals surface area contributed by atoms with Gasteiger partial charge in [0.25, 0.3) is 5.91 Å². The molecule has 1 fully saturated rings. The number of nitrogens with zero attached hydrogens (tertiary/aromatic N) is 1. The first kappa shape index (κ1) is 23.4. The summed E-state index contributed by atoms with van der Waals surface area (Å²) in [5.74, 6) is -2.88. The van der Waals surface area contributed by atoms with Gasteiger partial charge in [0, 0.05) is 13.6 Å². The van der Waals surface area contributed by atoms with E-state index in [9.17, 15) is 19.5 Å². The van der Waals surface area contributed by atoms with Crippen molar-refractivity contribution in [1.82, 2.24) is 15.7 Å². The van der Waals surface area contributed by atoms with Crippen LogP contribution in [-0.4, -0.2) is 58.7 Å². The minimum atomic E-state index is -1.66. The van der Waals surface area contributed by atoms with Crippen molar-refractivity contribution in [1.29, 1.82) is 0 Å². The molecule has 0 aliphatic carbocycles. The number of nitrogens with one attached hydrogen (secondary N) is 2. The zero-order valence-corrected chi connectivity index (χ0v) is 16.7. The molecule has 1 heterocycles. The second-order valence-corrected chi connectivity index (χ2v) is 7.78. The quantitative estimate of drug-likeness (QED) is 0.430. The van der Waals surface area contributed by atoms with Crippen molar-refractivity contribution in [3.8, 4) is 0 Å². The van der Waals surface area contributed by atoms with E-state index in [0.717, 1.165) is 38.5 Å². The van der Waals surface area contributed by atoms with Gasteiger partial charge in [-0.1, -0.05) is 52.4 Å². The van der Waals surface area contributed by atoms with Gasteiger partial charge >= 0.3 is 0 Å². The number of aliphatic hydroxyl groups is 1. The van der Waals surface area contributed by atoms with Crippen LogP contribution in [0.25, 0.3) is 0 Å². The van der Waals surface area contributed by atoms with E-state index in [1.165, 1.54) is 5.48 Å². The van der Waals surface area contributed by atoms with Crippen molar-refractivity contribution in [2.75, 3.05) is 13.6 Å². The lowest BCUT2D eigenvalue weighted by molar-refractivity contribution is -0.147. The van der Waals surface area contributed by atoms with E-state index in [4.69, 9.17) is 5.21 Å². The zero-order chi connectivity index (χ0) is 20.4. The number of rotatable bonds is 3. The monoisotopic (exact) mass is 385 g/mol. The highest BCUT2D eigenvalue weighted by molar-refractivity contribution is 5.92. The Morgan fingerprint density at radius 1 is 1.11 bits per heavy atom. The van der Waals surface area contributed by atoms with Crippen molar-refractivity contribution >= 4 is 17.7 Å². The fourth-order valence-corrected chi connectivity index (χ4v) is 3.40. The third kappa shape index (κ3) is 7.46. The van der Waals surface area contributed by atoms with Crippen LogP contribution in [0, 0.1) is 11.8 Å². The number of carbonyl (C=O) groups excluding carboxylic acids is 3. The molecule has 8 heteroatoms. The SMILES string of the molecule is CC(C)[C@@H]1NC(=O)[C@@H](C(O)C(=O)NO)CCCCCCCCCN(C)C1=O. The van der Waals surface area contributed by atoms with E-state index in [2.05, 4.69) is 5.32 Å². The van der Waals surface area contributed by atoms with E-state index >= 15 is 0 Å². The Morgan fingerprint density at radius 2 is 1.67 bits per heavy atom. The van der Waals surface area contributed by atoms with Gasteiger partial charge < -0.3 is 15.3 Å². The van der Waals surface area contributed by atoms with E-state index < -0.39 is 29.9 Å². The maximum absolute atomic E-state index is 12.8. The molecule has 3 atom stereocenters. The van der Waals surface area contributed by atoms with Crippen molar-refractivity contribution < 1.29 is 24.7 Å². The fourth-order valence-electron chi connectivity index (χ4n) is 3.40. The second-order valence-electron chi connectivity index (χ2n) is 7.78. The molecule has 8 nitrogen and oxygen atoms in total. The van der Waals surface area contributed by atoms with Crippen LogP contribution in [0.2, 0.25) is 0 Å². The Bertz CT molecular complexity index is 498. The highest BCUT2D eigenvalue weighted by Crippen LogP contribution is 2.19. The summed E-state index contributed by atoms with van der Waals surface area (Å²) >= 11 is 0. The molecule has 1 unspecified atom stereocenters. The summed E-state index contributed by atoms with van der Waals surface area (Å²) < 4.78 is 0. The molecule has 0 aromatic heterocycles. The molecule has 0 spiro atoms. The molecular weight excluding hydrogens is 350 g/mol. The molecule has 27 heavy (non-hydrogen) atoms. The number of amides is 3. The summed E-state index contributed by atoms with van der Waals surface area (Å²) in [6.45, 7) is 4.32. The lowest BCUT2D eigenvalue weighted by Crippen LogP contribution is -2.54. The molecule has 1 saturated heterocycles. The molecule has 0 radical (unpaired) electrons. The third-order valence-electron chi connectivity index (χ3n) is 5.21. The summed E-state index contributed by atoms with van der Waals surface area (Å²) in [5, 5.41) is 21.7. The number of likely N-dealkylation sites (N-methyl/N-ethyl adjacent to an activating group) is 1. The Kier molecular flexibility index (Phi) is 10.3. The van der Waals surface area contributed by atoms with Gasteiger partial charge in [0.2, 0.25) is 11.8 Å². The number of hydrogen-bond acceptors (Lipinski definition) is 5. The van der Waals surface area contributed by atoms with Crippen molar-refractivity contribution in [2.45, 2.75) is 77.4 Å². The molecule has 1 aliphatic heterocycles. The van der Waals surface area contributed by atoms with E-state index in [-0.39, 0.29) is 11.8 Å². The maximum atomic E-state index is 12.8. The normalized spacial score (nSPS) is 25.3. The molecule has 0 aromatic rings. The highest BCUT2D eigenvalue weighted by Gasteiger charge is 2.35. The van der Waals surface area contributed by atoms with Gasteiger partial charge in [-0.05, 0) is 18.8 Å². The van der Waals surface area contributed by atoms with E-state index in [0.29, 0.717) is 19.4 Å². The minimum absolute atomic E-state index is 0.135. The number of aliphatic hydroxyl groups excluding tert-OH is 1. The third-order valence-corrected chi connectivity index (χ3v) is 5.21. The standard InChI is InChI=1S/C19H35N3O5/c1-13(2)15-19(26)22(3)12-10-8-6-4-5-7-9-11-14(17(24)20-15)16(23)18(25)21-27/h13-16,23,27H,4-12H2,1-3H3,(H,20,24)(H,21,25)/t14-,15+,16?/m1/s1. The van der Waals surface area contributed by atoms with Crippen LogP contribution in [-0.2, 0) is 14.4 Å². The number of hydroxylamine groups is 1. The Hall–Kier alpha value is -1.67. The highest BCUT2D eigenvalue weighted by atomic mass is 16.5. The van der Waals surface area contributed by atoms with Gasteiger partial charge in [-0.15, -0.1) is 0 Å². The average Bonchev–Trinajstić information content (AvgIpc) is 2.64. The molecule has 4 N–H and O–H groups in total. The summed E-state index contributed by atoms with van der Waals surface area (Å²) in [7, 11) is 1.73. The largest absolute Gasteiger partial charge is 0.382 e. The number of hydrogen-bond donors (Lipinski definition) is 4. The molecular formula is C19H35N3O5. The van der Waals surface area contributed by atoms with Crippen LogP contribution < -0.4 is 10.8 Å². The molecule has 1 rings (SSSR count). The minimum Gasteiger partial charge on any atom is -0.382 e. The molecule has 1 aliphatic rings. The summed E-state index contributed by atoms with van der Waals surface area (Å²) in [5.41, 5.74) is 1.40. The predicted octanol–water partition coefficient (Wildman–Crippen LogP) is 1.20. The molecule has 0 saturated carbocycles. The molecule has 156 valence electrons. The van der Waals surface area contributed by atoms with Crippen LogP contribution in [0.5, 0.6) is 0 Å². The van der Waals surface area contributed by atoms with Gasteiger partial charge in [0.05, 0.1) is 5.92 Å². The first-order chi connectivity index (χ1) is 12.8. The van der Waals surface area contributed by atoms with Gasteiger partial charge in [-0.3, -0.25) is 19.6 Å². The smallest absolute Gasteiger partial charge is 0.272 e. The van der Waals surface area contributed by atoms with Crippen molar-refractivity contribution in [3.05, 3.63) is 0 Å². The lowest BCUT2D eigenvalue weighted by atomic mass is 9.92. The van der Waals surface area contributed by atoms with Crippen LogP contribution in [0.4, 0.5) is 0 Å². The lowest BCUT2D eigenvalue weighted by Gasteiger charge is -2.29. The first-order valence-electron chi connectivity index (χ1n) is 9.97. The number of carbonyl (C=O) groups is 3. The Labute approximate surface area is 161 Å². The van der Waals surface area contributed by atoms with Gasteiger partial charge in [0.1, 0.15) is 12.1 Å². The zero-order valence-electron chi connectivity index (χ0n) is 16.7. The van der Waals surface area contributed by atoms with Crippen LogP contribution in [0.3, 0.4) is 0 Å². The van der Waals surface area contributed by atoms with E-state index in [1.54, 1.807) is 11.9 Å². The maximum Gasteiger partial charge on any atom is 0.272 e. The summed E-state index contributed by atoms with van der Waals surface area (Å²) in [6, 6.07) is -0.723. The first-order valence-corrected chi connectivity index (χ1v) is 9.97. The van der Waals surface area contributed by atoms with E-state index in [1.807, 2.05) is 13.8 Å².